The van der Waals surface area contributed by atoms with Crippen LogP contribution < -0.4 is 10.6 Å². The van der Waals surface area contributed by atoms with E-state index in [-0.39, 0.29) is 24.1 Å². The molecule has 0 aromatic heterocycles. The average Bonchev–Trinajstić information content (AvgIpc) is 3.42. The Bertz CT molecular complexity index is 1280. The van der Waals surface area contributed by atoms with Crippen LogP contribution in [0.15, 0.2) is 78.4 Å². The summed E-state index contributed by atoms with van der Waals surface area (Å²) in [5.41, 5.74) is 4.84. The van der Waals surface area contributed by atoms with Crippen LogP contribution in [-0.2, 0) is 24.4 Å². The van der Waals surface area contributed by atoms with Gasteiger partial charge in [0.25, 0.3) is 0 Å². The van der Waals surface area contributed by atoms with Gasteiger partial charge in [0.2, 0.25) is 0 Å². The Labute approximate surface area is 255 Å². The third-order valence-corrected chi connectivity index (χ3v) is 9.41. The number of benzene rings is 2. The zero-order chi connectivity index (χ0) is 29.4. The van der Waals surface area contributed by atoms with Crippen LogP contribution in [0, 0.1) is 0 Å². The van der Waals surface area contributed by atoms with Crippen molar-refractivity contribution in [2.45, 2.75) is 76.3 Å². The van der Waals surface area contributed by atoms with Crippen molar-refractivity contribution in [1.29, 1.82) is 0 Å². The van der Waals surface area contributed by atoms with Gasteiger partial charge in [0.15, 0.2) is 0 Å². The molecular formula is C35H45N5O3. The second-order valence-electron chi connectivity index (χ2n) is 12.3. The highest BCUT2D eigenvalue weighted by atomic mass is 16.5. The van der Waals surface area contributed by atoms with Crippen molar-refractivity contribution >= 4 is 12.1 Å². The topological polar surface area (TPSA) is 77.2 Å². The van der Waals surface area contributed by atoms with Gasteiger partial charge in [-0.05, 0) is 60.8 Å². The number of allylic oxidation sites excluding steroid dienone is 3. The maximum Gasteiger partial charge on any atom is 0.321 e. The molecule has 2 aromatic carbocycles. The standard InChI is InChI=1S/C35H45N5O3/c41-34(36-23-27-7-3-1-4-8-27)37-24-28-11-13-29(14-12-28)25-38-19-15-32(16-20-38)40-33(30-9-5-2-6-10-30)26-39(35(40)42)31-17-21-43-22-18-31/h1-5,7-9,11-14,31-33H,6,10,15-26H2,(H2,36,37,41)/t33-/m0/s1. The smallest absolute Gasteiger partial charge is 0.321 e. The Balaban J connectivity index is 0.989. The molecule has 3 heterocycles. The monoisotopic (exact) mass is 583 g/mol. The predicted molar refractivity (Wildman–Crippen MR) is 168 cm³/mol. The van der Waals surface area contributed by atoms with E-state index < -0.39 is 0 Å². The lowest BCUT2D eigenvalue weighted by Gasteiger charge is -2.40. The molecule has 3 aliphatic heterocycles. The minimum atomic E-state index is -0.165. The quantitative estimate of drug-likeness (QED) is 0.425. The van der Waals surface area contributed by atoms with Gasteiger partial charge in [0, 0.05) is 64.6 Å². The lowest BCUT2D eigenvalue weighted by molar-refractivity contribution is 0.0493. The maximum absolute atomic E-state index is 13.9. The normalized spacial score (nSPS) is 22.1. The van der Waals surface area contributed by atoms with Crippen LogP contribution in [0.5, 0.6) is 0 Å². The number of likely N-dealkylation sites (tertiary alicyclic amines) is 1. The first-order valence-corrected chi connectivity index (χ1v) is 16.0. The molecule has 0 unspecified atom stereocenters. The number of ether oxygens (including phenoxy) is 1. The Kier molecular flexibility index (Phi) is 9.75. The number of carbonyl (C=O) groups excluding carboxylic acids is 2. The summed E-state index contributed by atoms with van der Waals surface area (Å²) in [6.45, 7) is 6.21. The van der Waals surface area contributed by atoms with Gasteiger partial charge in [-0.3, -0.25) is 4.90 Å². The van der Waals surface area contributed by atoms with Crippen LogP contribution >= 0.6 is 0 Å². The SMILES string of the molecule is O=C(NCc1ccccc1)NCc1ccc(CN2CCC(N3C(=O)N(C4CCOCC4)C[C@H]3C3=CC=CCC3)CC2)cc1. The first-order valence-electron chi connectivity index (χ1n) is 16.0. The van der Waals surface area contributed by atoms with E-state index in [2.05, 4.69) is 67.8 Å². The number of amides is 4. The van der Waals surface area contributed by atoms with Crippen molar-refractivity contribution in [3.05, 3.63) is 95.1 Å². The van der Waals surface area contributed by atoms with Crippen LogP contribution in [0.2, 0.25) is 0 Å². The van der Waals surface area contributed by atoms with Gasteiger partial charge in [0.1, 0.15) is 0 Å². The van der Waals surface area contributed by atoms with Crippen LogP contribution in [0.3, 0.4) is 0 Å². The number of piperidine rings is 1. The molecule has 4 amide bonds. The number of rotatable bonds is 9. The molecule has 0 bridgehead atoms. The molecule has 6 rings (SSSR count). The van der Waals surface area contributed by atoms with Crippen molar-refractivity contribution < 1.29 is 14.3 Å². The zero-order valence-corrected chi connectivity index (χ0v) is 25.1. The molecule has 2 aromatic rings. The Morgan fingerprint density at radius 2 is 1.51 bits per heavy atom. The van der Waals surface area contributed by atoms with E-state index in [1.807, 2.05) is 30.3 Å². The summed E-state index contributed by atoms with van der Waals surface area (Å²) in [7, 11) is 0. The second-order valence-corrected chi connectivity index (χ2v) is 12.3. The molecule has 0 radical (unpaired) electrons. The summed E-state index contributed by atoms with van der Waals surface area (Å²) in [6.07, 6.45) is 12.7. The number of nitrogens with one attached hydrogen (secondary N) is 2. The molecule has 8 heteroatoms. The number of carbonyl (C=O) groups is 2. The third-order valence-electron chi connectivity index (χ3n) is 9.41. The highest BCUT2D eigenvalue weighted by Gasteiger charge is 2.45. The highest BCUT2D eigenvalue weighted by Crippen LogP contribution is 2.34. The van der Waals surface area contributed by atoms with Gasteiger partial charge in [0.05, 0.1) is 6.04 Å². The largest absolute Gasteiger partial charge is 0.381 e. The fourth-order valence-electron chi connectivity index (χ4n) is 6.94. The van der Waals surface area contributed by atoms with Crippen LogP contribution in [0.4, 0.5) is 9.59 Å². The average molecular weight is 584 g/mol. The van der Waals surface area contributed by atoms with Crippen LogP contribution in [0.25, 0.3) is 0 Å². The molecule has 1 aliphatic carbocycles. The van der Waals surface area contributed by atoms with E-state index >= 15 is 0 Å². The second kappa shape index (κ2) is 14.2. The van der Waals surface area contributed by atoms with Gasteiger partial charge in [-0.2, -0.15) is 0 Å². The van der Waals surface area contributed by atoms with Crippen molar-refractivity contribution in [3.63, 3.8) is 0 Å². The van der Waals surface area contributed by atoms with E-state index in [9.17, 15) is 9.59 Å². The summed E-state index contributed by atoms with van der Waals surface area (Å²) in [4.78, 5) is 33.0. The Morgan fingerprint density at radius 1 is 0.837 bits per heavy atom. The summed E-state index contributed by atoms with van der Waals surface area (Å²) >= 11 is 0. The zero-order valence-electron chi connectivity index (χ0n) is 25.1. The molecule has 8 nitrogen and oxygen atoms in total. The lowest BCUT2D eigenvalue weighted by Crippen LogP contribution is -2.50. The predicted octanol–water partition coefficient (Wildman–Crippen LogP) is 5.21. The van der Waals surface area contributed by atoms with Gasteiger partial charge >= 0.3 is 12.1 Å². The molecule has 4 aliphatic rings. The molecule has 0 saturated carbocycles. The summed E-state index contributed by atoms with van der Waals surface area (Å²) < 4.78 is 5.60. The van der Waals surface area contributed by atoms with E-state index in [0.717, 1.165) is 89.0 Å². The number of hydrogen-bond acceptors (Lipinski definition) is 4. The maximum atomic E-state index is 13.9. The fourth-order valence-corrected chi connectivity index (χ4v) is 6.94. The number of hydrogen-bond donors (Lipinski definition) is 2. The van der Waals surface area contributed by atoms with Crippen LogP contribution in [-0.4, -0.2) is 77.7 Å². The van der Waals surface area contributed by atoms with Crippen LogP contribution in [0.1, 0.15) is 55.2 Å². The third kappa shape index (κ3) is 7.48. The summed E-state index contributed by atoms with van der Waals surface area (Å²) in [6, 6.07) is 19.3. The molecule has 3 saturated heterocycles. The van der Waals surface area contributed by atoms with Gasteiger partial charge in [-0.25, -0.2) is 9.59 Å². The first kappa shape index (κ1) is 29.5. The fraction of sp³-hybridized carbons (Fsp3) is 0.486. The van der Waals surface area contributed by atoms with Crippen molar-refractivity contribution in [1.82, 2.24) is 25.3 Å². The Morgan fingerprint density at radius 3 is 2.19 bits per heavy atom. The molecule has 43 heavy (non-hydrogen) atoms. The van der Waals surface area contributed by atoms with E-state index in [1.54, 1.807) is 0 Å². The molecular weight excluding hydrogens is 538 g/mol. The van der Waals surface area contributed by atoms with Crippen molar-refractivity contribution in [2.24, 2.45) is 0 Å². The van der Waals surface area contributed by atoms with Gasteiger partial charge in [-0.15, -0.1) is 0 Å². The molecule has 0 spiro atoms. The first-order chi connectivity index (χ1) is 21.1. The molecule has 228 valence electrons. The van der Waals surface area contributed by atoms with E-state index in [4.69, 9.17) is 4.74 Å². The Hall–Kier alpha value is -3.62. The van der Waals surface area contributed by atoms with E-state index in [0.29, 0.717) is 19.1 Å². The minimum Gasteiger partial charge on any atom is -0.381 e. The van der Waals surface area contributed by atoms with Gasteiger partial charge < -0.3 is 25.2 Å². The highest BCUT2D eigenvalue weighted by molar-refractivity contribution is 5.79. The number of nitrogens with zero attached hydrogens (tertiary/aromatic N) is 3. The summed E-state index contributed by atoms with van der Waals surface area (Å²) in [5, 5.41) is 5.85. The van der Waals surface area contributed by atoms with E-state index in [1.165, 1.54) is 11.1 Å². The lowest BCUT2D eigenvalue weighted by atomic mass is 9.94. The minimum absolute atomic E-state index is 0.165. The summed E-state index contributed by atoms with van der Waals surface area (Å²) in [5.74, 6) is 0. The molecule has 3 fully saturated rings. The number of urea groups is 2. The molecule has 2 N–H and O–H groups in total. The van der Waals surface area contributed by atoms with Crippen molar-refractivity contribution in [2.75, 3.05) is 32.8 Å². The van der Waals surface area contributed by atoms with Gasteiger partial charge in [-0.1, -0.05) is 72.8 Å². The molecule has 1 atom stereocenters. The van der Waals surface area contributed by atoms with Crippen molar-refractivity contribution in [3.8, 4) is 0 Å².